The van der Waals surface area contributed by atoms with Gasteiger partial charge in [-0.1, -0.05) is 47.6 Å². The Kier molecular flexibility index (Phi) is 6.70. The SMILES string of the molecule is CNCCSSc1ccc(C(=O)C(C)C)cc1. The van der Waals surface area contributed by atoms with Crippen molar-refractivity contribution in [2.75, 3.05) is 19.3 Å². The third kappa shape index (κ3) is 5.15. The van der Waals surface area contributed by atoms with Crippen molar-refractivity contribution < 1.29 is 4.79 Å². The van der Waals surface area contributed by atoms with E-state index in [4.69, 9.17) is 0 Å². The molecule has 0 spiro atoms. The van der Waals surface area contributed by atoms with Gasteiger partial charge >= 0.3 is 0 Å². The summed E-state index contributed by atoms with van der Waals surface area (Å²) in [5, 5.41) is 3.11. The summed E-state index contributed by atoms with van der Waals surface area (Å²) in [6, 6.07) is 7.88. The molecule has 0 aromatic heterocycles. The lowest BCUT2D eigenvalue weighted by atomic mass is 10.0. The molecule has 0 aliphatic rings. The average molecular weight is 269 g/mol. The van der Waals surface area contributed by atoms with E-state index in [-0.39, 0.29) is 11.7 Å². The molecule has 0 aliphatic carbocycles. The summed E-state index contributed by atoms with van der Waals surface area (Å²) in [5.74, 6) is 1.36. The van der Waals surface area contributed by atoms with Crippen molar-refractivity contribution in [1.82, 2.24) is 5.32 Å². The molecule has 4 heteroatoms. The molecule has 0 fully saturated rings. The fourth-order valence-corrected chi connectivity index (χ4v) is 3.26. The molecule has 0 aliphatic heterocycles. The molecule has 0 amide bonds. The number of benzene rings is 1. The molecule has 1 rings (SSSR count). The predicted octanol–water partition coefficient (Wildman–Crippen LogP) is 3.49. The Morgan fingerprint density at radius 1 is 1.29 bits per heavy atom. The Morgan fingerprint density at radius 2 is 1.94 bits per heavy atom. The summed E-state index contributed by atoms with van der Waals surface area (Å²) in [6.07, 6.45) is 0. The summed E-state index contributed by atoms with van der Waals surface area (Å²) in [5.41, 5.74) is 0.810. The third-order valence-corrected chi connectivity index (χ3v) is 4.64. The van der Waals surface area contributed by atoms with Gasteiger partial charge in [-0.2, -0.15) is 0 Å². The molecule has 0 heterocycles. The van der Waals surface area contributed by atoms with Crippen LogP contribution in [0.25, 0.3) is 0 Å². The molecule has 0 saturated heterocycles. The molecular weight excluding hydrogens is 250 g/mol. The van der Waals surface area contributed by atoms with E-state index in [0.717, 1.165) is 17.9 Å². The maximum atomic E-state index is 11.7. The first-order valence-corrected chi connectivity index (χ1v) is 8.05. The number of rotatable bonds is 7. The summed E-state index contributed by atoms with van der Waals surface area (Å²) < 4.78 is 0. The fourth-order valence-electron chi connectivity index (χ4n) is 1.26. The number of hydrogen-bond donors (Lipinski definition) is 1. The molecule has 0 radical (unpaired) electrons. The normalized spacial score (nSPS) is 10.8. The highest BCUT2D eigenvalue weighted by Gasteiger charge is 2.09. The molecule has 2 nitrogen and oxygen atoms in total. The molecule has 0 atom stereocenters. The van der Waals surface area contributed by atoms with Crippen LogP contribution in [0.3, 0.4) is 0 Å². The zero-order chi connectivity index (χ0) is 12.7. The monoisotopic (exact) mass is 269 g/mol. The van der Waals surface area contributed by atoms with E-state index < -0.39 is 0 Å². The van der Waals surface area contributed by atoms with Crippen LogP contribution in [0, 0.1) is 5.92 Å². The lowest BCUT2D eigenvalue weighted by Crippen LogP contribution is -2.09. The summed E-state index contributed by atoms with van der Waals surface area (Å²) >= 11 is 0. The van der Waals surface area contributed by atoms with Gasteiger partial charge in [-0.15, -0.1) is 0 Å². The standard InChI is InChI=1S/C13H19NOS2/c1-10(2)13(15)11-4-6-12(7-5-11)17-16-9-8-14-3/h4-7,10,14H,8-9H2,1-3H3. The smallest absolute Gasteiger partial charge is 0.165 e. The van der Waals surface area contributed by atoms with Gasteiger partial charge in [-0.3, -0.25) is 4.79 Å². The largest absolute Gasteiger partial charge is 0.319 e. The Bertz CT molecular complexity index is 349. The van der Waals surface area contributed by atoms with Gasteiger partial charge in [0.2, 0.25) is 0 Å². The van der Waals surface area contributed by atoms with Gasteiger partial charge in [0.1, 0.15) is 0 Å². The van der Waals surface area contributed by atoms with E-state index in [1.165, 1.54) is 4.90 Å². The molecule has 0 saturated carbocycles. The molecule has 1 N–H and O–H groups in total. The van der Waals surface area contributed by atoms with Gasteiger partial charge in [0, 0.05) is 28.7 Å². The minimum Gasteiger partial charge on any atom is -0.319 e. The Hall–Kier alpha value is -0.450. The second-order valence-electron chi connectivity index (χ2n) is 4.05. The van der Waals surface area contributed by atoms with Crippen LogP contribution in [0.1, 0.15) is 24.2 Å². The van der Waals surface area contributed by atoms with Gasteiger partial charge in [0.15, 0.2) is 5.78 Å². The van der Waals surface area contributed by atoms with E-state index in [2.05, 4.69) is 5.32 Å². The highest BCUT2D eigenvalue weighted by molar-refractivity contribution is 8.76. The number of nitrogens with one attached hydrogen (secondary N) is 1. The molecule has 1 aromatic rings. The second kappa shape index (κ2) is 7.80. The second-order valence-corrected chi connectivity index (χ2v) is 6.54. The number of carbonyl (C=O) groups is 1. The van der Waals surface area contributed by atoms with Crippen molar-refractivity contribution in [1.29, 1.82) is 0 Å². The van der Waals surface area contributed by atoms with E-state index in [0.29, 0.717) is 0 Å². The summed E-state index contributed by atoms with van der Waals surface area (Å²) in [4.78, 5) is 12.9. The van der Waals surface area contributed by atoms with E-state index in [1.54, 1.807) is 10.8 Å². The van der Waals surface area contributed by atoms with Crippen molar-refractivity contribution >= 4 is 27.4 Å². The van der Waals surface area contributed by atoms with Crippen LogP contribution in [-0.4, -0.2) is 25.1 Å². The summed E-state index contributed by atoms with van der Waals surface area (Å²) in [6.45, 7) is 4.87. The first kappa shape index (κ1) is 14.6. The Balaban J connectivity index is 2.47. The maximum absolute atomic E-state index is 11.7. The van der Waals surface area contributed by atoms with Crippen LogP contribution >= 0.6 is 21.6 Å². The van der Waals surface area contributed by atoms with Crippen molar-refractivity contribution in [3.05, 3.63) is 29.8 Å². The molecule has 17 heavy (non-hydrogen) atoms. The highest BCUT2D eigenvalue weighted by Crippen LogP contribution is 2.30. The van der Waals surface area contributed by atoms with E-state index >= 15 is 0 Å². The lowest BCUT2D eigenvalue weighted by Gasteiger charge is -2.05. The van der Waals surface area contributed by atoms with Gasteiger partial charge < -0.3 is 5.32 Å². The molecule has 94 valence electrons. The minimum absolute atomic E-state index is 0.0681. The van der Waals surface area contributed by atoms with Crippen molar-refractivity contribution in [3.8, 4) is 0 Å². The van der Waals surface area contributed by atoms with E-state index in [9.17, 15) is 4.79 Å². The number of ketones is 1. The van der Waals surface area contributed by atoms with Crippen LogP contribution in [0.15, 0.2) is 29.2 Å². The number of hydrogen-bond acceptors (Lipinski definition) is 4. The predicted molar refractivity (Wildman–Crippen MR) is 77.9 cm³/mol. The van der Waals surface area contributed by atoms with E-state index in [1.807, 2.05) is 56.0 Å². The first-order chi connectivity index (χ1) is 8.15. The van der Waals surface area contributed by atoms with Gasteiger partial charge in [0.05, 0.1) is 0 Å². The molecule has 1 aromatic carbocycles. The Morgan fingerprint density at radius 3 is 2.47 bits per heavy atom. The van der Waals surface area contributed by atoms with Crippen LogP contribution in [-0.2, 0) is 0 Å². The van der Waals surface area contributed by atoms with Crippen molar-refractivity contribution in [3.63, 3.8) is 0 Å². The molecular formula is C13H19NOS2. The van der Waals surface area contributed by atoms with Crippen LogP contribution in [0.5, 0.6) is 0 Å². The average Bonchev–Trinajstić information content (AvgIpc) is 2.34. The highest BCUT2D eigenvalue weighted by atomic mass is 33.1. The van der Waals surface area contributed by atoms with Gasteiger partial charge in [-0.25, -0.2) is 0 Å². The topological polar surface area (TPSA) is 29.1 Å². The van der Waals surface area contributed by atoms with Crippen LogP contribution in [0.4, 0.5) is 0 Å². The number of carbonyl (C=O) groups excluding carboxylic acids is 1. The van der Waals surface area contributed by atoms with Crippen LogP contribution in [0.2, 0.25) is 0 Å². The molecule has 0 unspecified atom stereocenters. The molecule has 0 bridgehead atoms. The fraction of sp³-hybridized carbons (Fsp3) is 0.462. The number of Topliss-reactive ketones (excluding diaryl/α,β-unsaturated/α-hetero) is 1. The van der Waals surface area contributed by atoms with Crippen LogP contribution < -0.4 is 5.32 Å². The summed E-state index contributed by atoms with van der Waals surface area (Å²) in [7, 11) is 5.53. The van der Waals surface area contributed by atoms with Gasteiger partial charge in [0.25, 0.3) is 0 Å². The first-order valence-electron chi connectivity index (χ1n) is 5.73. The quantitative estimate of drug-likeness (QED) is 0.466. The lowest BCUT2D eigenvalue weighted by molar-refractivity contribution is 0.0939. The van der Waals surface area contributed by atoms with Crippen molar-refractivity contribution in [2.24, 2.45) is 5.92 Å². The Labute approximate surface area is 111 Å². The maximum Gasteiger partial charge on any atom is 0.165 e. The zero-order valence-corrected chi connectivity index (χ0v) is 12.2. The minimum atomic E-state index is 0.0681. The van der Waals surface area contributed by atoms with Gasteiger partial charge in [-0.05, 0) is 19.2 Å². The van der Waals surface area contributed by atoms with Crippen molar-refractivity contribution in [2.45, 2.75) is 18.7 Å². The zero-order valence-electron chi connectivity index (χ0n) is 10.5. The third-order valence-electron chi connectivity index (χ3n) is 2.25.